The smallest absolute Gasteiger partial charge is 0.223 e. The minimum Gasteiger partial charge on any atom is -0.377 e. The fourth-order valence-corrected chi connectivity index (χ4v) is 2.62. The highest BCUT2D eigenvalue weighted by molar-refractivity contribution is 5.79. The number of aliphatic hydroxyl groups is 1. The van der Waals surface area contributed by atoms with Gasteiger partial charge in [0.25, 0.3) is 0 Å². The van der Waals surface area contributed by atoms with Crippen LogP contribution in [0.1, 0.15) is 65.2 Å². The Labute approximate surface area is 129 Å². The molecular weight excluding hydrogens is 262 g/mol. The molecule has 0 saturated carbocycles. The fraction of sp³-hybridized carbons (Fsp3) is 0.722. The van der Waals surface area contributed by atoms with Crippen LogP contribution in [0, 0.1) is 11.8 Å². The first-order chi connectivity index (χ1) is 10.2. The number of hydrogen-bond acceptors (Lipinski definition) is 2. The Bertz CT molecular complexity index is 392. The minimum atomic E-state index is -0.716. The molecule has 1 aliphatic rings. The average Bonchev–Trinajstić information content (AvgIpc) is 2.83. The summed E-state index contributed by atoms with van der Waals surface area (Å²) in [4.78, 5) is 13.9. The van der Waals surface area contributed by atoms with Crippen LogP contribution >= 0.6 is 0 Å². The van der Waals surface area contributed by atoms with Gasteiger partial charge >= 0.3 is 0 Å². The largest absolute Gasteiger partial charge is 0.377 e. The van der Waals surface area contributed by atoms with Crippen molar-refractivity contribution in [3.8, 4) is 11.8 Å². The normalized spacial score (nSPS) is 19.9. The summed E-state index contributed by atoms with van der Waals surface area (Å²) in [6, 6.07) is 0.141. The van der Waals surface area contributed by atoms with Crippen LogP contribution in [0.5, 0.6) is 0 Å². The lowest BCUT2D eigenvalue weighted by atomic mass is 10.1. The highest BCUT2D eigenvalue weighted by atomic mass is 16.3. The Kier molecular flexibility index (Phi) is 8.85. The van der Waals surface area contributed by atoms with Gasteiger partial charge in [-0.15, -0.1) is 5.92 Å². The molecule has 1 heterocycles. The second-order valence-corrected chi connectivity index (χ2v) is 5.61. The number of nitrogens with zero attached hydrogens (tertiary/aromatic N) is 1. The Morgan fingerprint density at radius 3 is 2.81 bits per heavy atom. The molecule has 0 aromatic heterocycles. The van der Waals surface area contributed by atoms with Crippen molar-refractivity contribution in [2.75, 3.05) is 6.54 Å². The van der Waals surface area contributed by atoms with Crippen LogP contribution in [0.15, 0.2) is 12.2 Å². The van der Waals surface area contributed by atoms with Crippen molar-refractivity contribution in [3.63, 3.8) is 0 Å². The molecule has 1 amide bonds. The second-order valence-electron chi connectivity index (χ2n) is 5.61. The first-order valence-corrected chi connectivity index (χ1v) is 8.33. The van der Waals surface area contributed by atoms with E-state index >= 15 is 0 Å². The molecule has 1 aliphatic heterocycles. The topological polar surface area (TPSA) is 40.5 Å². The lowest BCUT2D eigenvalue weighted by Gasteiger charge is -2.22. The van der Waals surface area contributed by atoms with E-state index in [1.807, 2.05) is 17.9 Å². The zero-order valence-electron chi connectivity index (χ0n) is 13.5. The summed E-state index contributed by atoms with van der Waals surface area (Å²) in [5.41, 5.74) is 0. The van der Waals surface area contributed by atoms with Crippen LogP contribution in [0.3, 0.4) is 0 Å². The molecule has 3 nitrogen and oxygen atoms in total. The van der Waals surface area contributed by atoms with Crippen molar-refractivity contribution in [3.05, 3.63) is 12.2 Å². The lowest BCUT2D eigenvalue weighted by Crippen LogP contribution is -2.32. The van der Waals surface area contributed by atoms with Gasteiger partial charge in [0.1, 0.15) is 6.10 Å². The molecule has 0 spiro atoms. The van der Waals surface area contributed by atoms with E-state index in [0.717, 1.165) is 25.8 Å². The summed E-state index contributed by atoms with van der Waals surface area (Å²) in [7, 11) is 0. The third-order valence-corrected chi connectivity index (χ3v) is 3.82. The summed E-state index contributed by atoms with van der Waals surface area (Å²) < 4.78 is 0. The molecule has 0 aliphatic carbocycles. The molecule has 2 atom stereocenters. The number of aliphatic hydroxyl groups excluding tert-OH is 1. The molecule has 1 rings (SSSR count). The quantitative estimate of drug-likeness (QED) is 0.423. The average molecular weight is 291 g/mol. The zero-order valence-corrected chi connectivity index (χ0v) is 13.5. The molecule has 118 valence electrons. The van der Waals surface area contributed by atoms with Crippen molar-refractivity contribution in [2.45, 2.75) is 77.4 Å². The van der Waals surface area contributed by atoms with Gasteiger partial charge in [-0.3, -0.25) is 4.79 Å². The van der Waals surface area contributed by atoms with Crippen LogP contribution in [0.25, 0.3) is 0 Å². The van der Waals surface area contributed by atoms with Gasteiger partial charge in [-0.1, -0.05) is 51.5 Å². The number of hydrogen-bond donors (Lipinski definition) is 1. The summed E-state index contributed by atoms with van der Waals surface area (Å²) in [6.45, 7) is 5.01. The van der Waals surface area contributed by atoms with Crippen molar-refractivity contribution >= 4 is 5.91 Å². The molecule has 1 fully saturated rings. The predicted octanol–water partition coefficient (Wildman–Crippen LogP) is 3.28. The molecule has 2 unspecified atom stereocenters. The third kappa shape index (κ3) is 6.82. The van der Waals surface area contributed by atoms with Crippen molar-refractivity contribution in [1.29, 1.82) is 0 Å². The van der Waals surface area contributed by atoms with E-state index in [0.29, 0.717) is 6.42 Å². The van der Waals surface area contributed by atoms with E-state index in [4.69, 9.17) is 0 Å². The molecular formula is C18H29NO2. The van der Waals surface area contributed by atoms with Gasteiger partial charge in [0, 0.05) is 19.4 Å². The number of amides is 1. The van der Waals surface area contributed by atoms with Crippen LogP contribution in [-0.4, -0.2) is 34.6 Å². The highest BCUT2D eigenvalue weighted by Crippen LogP contribution is 2.21. The minimum absolute atomic E-state index is 0.141. The first kappa shape index (κ1) is 17.8. The van der Waals surface area contributed by atoms with E-state index in [9.17, 15) is 9.90 Å². The van der Waals surface area contributed by atoms with Crippen LogP contribution in [0.2, 0.25) is 0 Å². The van der Waals surface area contributed by atoms with Gasteiger partial charge in [-0.25, -0.2) is 0 Å². The Morgan fingerprint density at radius 2 is 2.10 bits per heavy atom. The van der Waals surface area contributed by atoms with Crippen molar-refractivity contribution in [2.24, 2.45) is 0 Å². The number of rotatable bonds is 8. The molecule has 0 aromatic carbocycles. The van der Waals surface area contributed by atoms with Crippen LogP contribution < -0.4 is 0 Å². The molecule has 0 aromatic rings. The van der Waals surface area contributed by atoms with Gasteiger partial charge < -0.3 is 10.0 Å². The van der Waals surface area contributed by atoms with Crippen molar-refractivity contribution in [1.82, 2.24) is 4.90 Å². The van der Waals surface area contributed by atoms with E-state index < -0.39 is 6.10 Å². The zero-order chi connectivity index (χ0) is 15.5. The van der Waals surface area contributed by atoms with Gasteiger partial charge in [0.05, 0.1) is 6.04 Å². The van der Waals surface area contributed by atoms with Crippen molar-refractivity contribution < 1.29 is 9.90 Å². The Hall–Kier alpha value is -1.27. The van der Waals surface area contributed by atoms with E-state index in [2.05, 4.69) is 18.8 Å². The van der Waals surface area contributed by atoms with E-state index in [-0.39, 0.29) is 11.9 Å². The van der Waals surface area contributed by atoms with Gasteiger partial charge in [-0.2, -0.15) is 0 Å². The molecule has 21 heavy (non-hydrogen) atoms. The first-order valence-electron chi connectivity index (χ1n) is 8.33. The predicted molar refractivity (Wildman–Crippen MR) is 86.7 cm³/mol. The maximum Gasteiger partial charge on any atom is 0.223 e. The molecule has 1 saturated heterocycles. The van der Waals surface area contributed by atoms with E-state index in [1.165, 1.54) is 25.7 Å². The SMILES string of the molecule is CCC#CC(O)/C=C/C1CCC(=O)N1CCCCCCC. The fourth-order valence-electron chi connectivity index (χ4n) is 2.62. The van der Waals surface area contributed by atoms with Crippen LogP contribution in [-0.2, 0) is 4.79 Å². The maximum atomic E-state index is 11.9. The summed E-state index contributed by atoms with van der Waals surface area (Å²) in [5.74, 6) is 5.87. The monoisotopic (exact) mass is 291 g/mol. The van der Waals surface area contributed by atoms with Gasteiger partial charge in [0.2, 0.25) is 5.91 Å². The third-order valence-electron chi connectivity index (χ3n) is 3.82. The Morgan fingerprint density at radius 1 is 1.33 bits per heavy atom. The number of likely N-dealkylation sites (tertiary alicyclic amines) is 1. The summed E-state index contributed by atoms with van der Waals surface area (Å²) in [6.07, 6.45) is 11.2. The lowest BCUT2D eigenvalue weighted by molar-refractivity contribution is -0.128. The summed E-state index contributed by atoms with van der Waals surface area (Å²) >= 11 is 0. The molecule has 1 N–H and O–H groups in total. The van der Waals surface area contributed by atoms with Crippen LogP contribution in [0.4, 0.5) is 0 Å². The number of carbonyl (C=O) groups is 1. The van der Waals surface area contributed by atoms with Gasteiger partial charge in [-0.05, 0) is 18.9 Å². The summed E-state index contributed by atoms with van der Waals surface area (Å²) in [5, 5.41) is 9.70. The Balaban J connectivity index is 2.41. The van der Waals surface area contributed by atoms with Gasteiger partial charge in [0.15, 0.2) is 0 Å². The standard InChI is InChI=1S/C18H29NO2/c1-3-5-7-8-9-15-19-16(12-14-18(19)21)11-13-17(20)10-6-4-2/h11,13,16-17,20H,3-5,7-9,12,14-15H2,1-2H3/b13-11+. The number of carbonyl (C=O) groups excluding carboxylic acids is 1. The molecule has 3 heteroatoms. The molecule has 0 bridgehead atoms. The highest BCUT2D eigenvalue weighted by Gasteiger charge is 2.28. The molecule has 0 radical (unpaired) electrons. The second kappa shape index (κ2) is 10.5. The maximum absolute atomic E-state index is 11.9. The number of unbranched alkanes of at least 4 members (excludes halogenated alkanes) is 4. The van der Waals surface area contributed by atoms with E-state index in [1.54, 1.807) is 6.08 Å².